The lowest BCUT2D eigenvalue weighted by Crippen LogP contribution is -2.41. The number of halogens is 2. The van der Waals surface area contributed by atoms with Crippen LogP contribution in [0, 0.1) is 0 Å². The number of hydrogen-bond acceptors (Lipinski definition) is 4. The number of nitrogens with one attached hydrogen (secondary N) is 3. The molecule has 1 aliphatic rings. The molecule has 2 amide bonds. The number of rotatable bonds is 6. The number of hydrogen-bond donors (Lipinski definition) is 3. The largest absolute Gasteiger partial charge is 0.334 e. The van der Waals surface area contributed by atoms with Gasteiger partial charge in [0.15, 0.2) is 0 Å². The van der Waals surface area contributed by atoms with E-state index in [1.807, 2.05) is 6.07 Å². The molecule has 3 N–H and O–H groups in total. The molecule has 3 atom stereocenters. The summed E-state index contributed by atoms with van der Waals surface area (Å²) in [5.74, 6) is 0. The van der Waals surface area contributed by atoms with E-state index in [0.717, 1.165) is 5.56 Å². The number of alkyl halides is 2. The highest BCUT2D eigenvalue weighted by atomic mass is 35.5. The molecule has 0 aliphatic heterocycles. The van der Waals surface area contributed by atoms with E-state index in [9.17, 15) is 17.6 Å². The molecule has 1 saturated carbocycles. The van der Waals surface area contributed by atoms with E-state index < -0.39 is 33.6 Å². The van der Waals surface area contributed by atoms with Crippen LogP contribution in [0.1, 0.15) is 24.8 Å². The van der Waals surface area contributed by atoms with Gasteiger partial charge in [-0.15, -0.1) is 11.6 Å². The van der Waals surface area contributed by atoms with Crippen molar-refractivity contribution in [3.8, 4) is 0 Å². The van der Waals surface area contributed by atoms with E-state index in [1.54, 1.807) is 18.5 Å². The van der Waals surface area contributed by atoms with Crippen molar-refractivity contribution in [2.75, 3.05) is 5.32 Å². The Kier molecular flexibility index (Phi) is 7.05. The van der Waals surface area contributed by atoms with Gasteiger partial charge in [0, 0.05) is 30.7 Å². The van der Waals surface area contributed by atoms with Crippen LogP contribution < -0.4 is 15.4 Å². The van der Waals surface area contributed by atoms with Crippen molar-refractivity contribution in [2.24, 2.45) is 0 Å². The average Bonchev–Trinajstić information content (AvgIpc) is 2.70. The summed E-state index contributed by atoms with van der Waals surface area (Å²) in [4.78, 5) is 16.0. The quantitative estimate of drug-likeness (QED) is 0.600. The number of carbonyl (C=O) groups excluding carboxylic acids is 1. The van der Waals surface area contributed by atoms with Gasteiger partial charge in [-0.05, 0) is 55.2 Å². The van der Waals surface area contributed by atoms with Crippen molar-refractivity contribution in [1.82, 2.24) is 15.0 Å². The summed E-state index contributed by atoms with van der Waals surface area (Å²) in [6.45, 7) is 0.318. The van der Waals surface area contributed by atoms with Crippen LogP contribution in [0.5, 0.6) is 0 Å². The summed E-state index contributed by atoms with van der Waals surface area (Å²) >= 11 is 5.91. The van der Waals surface area contributed by atoms with E-state index in [4.69, 9.17) is 11.6 Å². The Balaban J connectivity index is 1.54. The van der Waals surface area contributed by atoms with Crippen molar-refractivity contribution < 1.29 is 17.6 Å². The third-order valence-electron chi connectivity index (χ3n) is 4.61. The molecule has 1 aliphatic carbocycles. The number of anilines is 1. The summed E-state index contributed by atoms with van der Waals surface area (Å²) in [6.07, 6.45) is 3.08. The van der Waals surface area contributed by atoms with E-state index in [0.29, 0.717) is 18.7 Å². The van der Waals surface area contributed by atoms with E-state index in [2.05, 4.69) is 20.3 Å². The second-order valence-electron chi connectivity index (χ2n) is 6.86. The van der Waals surface area contributed by atoms with Gasteiger partial charge in [-0.2, -0.15) is 0 Å². The van der Waals surface area contributed by atoms with Gasteiger partial charge < -0.3 is 10.6 Å². The Bertz CT molecular complexity index is 928. The Morgan fingerprint density at radius 1 is 1.21 bits per heavy atom. The molecule has 156 valence electrons. The van der Waals surface area contributed by atoms with Gasteiger partial charge in [0.25, 0.3) is 0 Å². The molecular formula is C19H22ClFN4O3S. The first kappa shape index (κ1) is 21.5. The van der Waals surface area contributed by atoms with Crippen molar-refractivity contribution in [3.63, 3.8) is 0 Å². The average molecular weight is 441 g/mol. The predicted molar refractivity (Wildman–Crippen MR) is 109 cm³/mol. The molecule has 0 saturated heterocycles. The number of aromatic nitrogens is 1. The molecule has 3 rings (SSSR count). The molecule has 1 aromatic carbocycles. The van der Waals surface area contributed by atoms with Crippen LogP contribution >= 0.6 is 11.6 Å². The number of benzene rings is 1. The van der Waals surface area contributed by atoms with Gasteiger partial charge in [-0.25, -0.2) is 22.3 Å². The van der Waals surface area contributed by atoms with Crippen LogP contribution in [-0.4, -0.2) is 37.0 Å². The lowest BCUT2D eigenvalue weighted by atomic mass is 9.94. The van der Waals surface area contributed by atoms with Crippen molar-refractivity contribution in [2.45, 2.75) is 48.3 Å². The number of carbonyl (C=O) groups is 1. The fraction of sp³-hybridized carbons (Fsp3) is 0.368. The number of nitrogens with zero attached hydrogens (tertiary/aromatic N) is 1. The fourth-order valence-electron chi connectivity index (χ4n) is 3.05. The highest BCUT2D eigenvalue weighted by Crippen LogP contribution is 2.27. The van der Waals surface area contributed by atoms with Crippen LogP contribution in [0.4, 0.5) is 14.9 Å². The van der Waals surface area contributed by atoms with E-state index in [-0.39, 0.29) is 17.7 Å². The van der Waals surface area contributed by atoms with Gasteiger partial charge in [-0.1, -0.05) is 6.07 Å². The minimum Gasteiger partial charge on any atom is -0.334 e. The lowest BCUT2D eigenvalue weighted by Gasteiger charge is -2.28. The first-order valence-corrected chi connectivity index (χ1v) is 11.1. The van der Waals surface area contributed by atoms with Gasteiger partial charge in [0.05, 0.1) is 10.3 Å². The molecule has 3 unspecified atom stereocenters. The van der Waals surface area contributed by atoms with Crippen LogP contribution in [0.2, 0.25) is 0 Å². The lowest BCUT2D eigenvalue weighted by molar-refractivity contribution is 0.235. The molecule has 1 heterocycles. The molecule has 1 aromatic heterocycles. The van der Waals surface area contributed by atoms with Crippen molar-refractivity contribution >= 4 is 33.3 Å². The van der Waals surface area contributed by atoms with Crippen molar-refractivity contribution in [3.05, 3.63) is 54.4 Å². The van der Waals surface area contributed by atoms with Crippen LogP contribution in [0.25, 0.3) is 0 Å². The summed E-state index contributed by atoms with van der Waals surface area (Å²) in [5.41, 5.74) is 1.31. The van der Waals surface area contributed by atoms with Crippen molar-refractivity contribution in [1.29, 1.82) is 0 Å². The Morgan fingerprint density at radius 3 is 2.62 bits per heavy atom. The molecular weight excluding hydrogens is 419 g/mol. The molecule has 0 spiro atoms. The Labute approximate surface area is 174 Å². The molecule has 0 radical (unpaired) electrons. The highest BCUT2D eigenvalue weighted by Gasteiger charge is 2.31. The second-order valence-corrected chi connectivity index (χ2v) is 9.13. The maximum Gasteiger partial charge on any atom is 0.319 e. The van der Waals surface area contributed by atoms with Crippen LogP contribution in [0.15, 0.2) is 53.7 Å². The molecule has 29 heavy (non-hydrogen) atoms. The Hall–Kier alpha value is -2.23. The van der Waals surface area contributed by atoms with Crippen LogP contribution in [0.3, 0.4) is 0 Å². The van der Waals surface area contributed by atoms with Crippen LogP contribution in [-0.2, 0) is 16.6 Å². The standard InChI is InChI=1S/C19H22ClFN4O3S/c20-17-10-15(5-8-18(17)21)25-29(27,28)16-6-3-14(4-7-16)24-19(26)23-12-13-2-1-9-22-11-13/h1-4,6-7,9,11,15,17-18,25H,5,8,10,12H2,(H2,23,24,26). The predicted octanol–water partition coefficient (Wildman–Crippen LogP) is 3.18. The summed E-state index contributed by atoms with van der Waals surface area (Å²) in [7, 11) is -3.76. The zero-order chi connectivity index (χ0) is 20.9. The highest BCUT2D eigenvalue weighted by molar-refractivity contribution is 7.89. The minimum absolute atomic E-state index is 0.0623. The molecule has 7 nitrogen and oxygen atoms in total. The minimum atomic E-state index is -3.76. The maximum absolute atomic E-state index is 13.5. The zero-order valence-corrected chi connectivity index (χ0v) is 17.1. The first-order valence-electron chi connectivity index (χ1n) is 9.18. The number of sulfonamides is 1. The monoisotopic (exact) mass is 440 g/mol. The molecule has 0 bridgehead atoms. The summed E-state index contributed by atoms with van der Waals surface area (Å²) in [5, 5.41) is 4.64. The Morgan fingerprint density at radius 2 is 1.97 bits per heavy atom. The fourth-order valence-corrected chi connectivity index (χ4v) is 4.68. The first-order chi connectivity index (χ1) is 13.8. The maximum atomic E-state index is 13.5. The van der Waals surface area contributed by atoms with Gasteiger partial charge in [0.2, 0.25) is 10.0 Å². The van der Waals surface area contributed by atoms with Gasteiger partial charge in [0.1, 0.15) is 6.17 Å². The number of pyridine rings is 1. The summed E-state index contributed by atoms with van der Waals surface area (Å²) < 4.78 is 41.1. The zero-order valence-electron chi connectivity index (χ0n) is 15.5. The third kappa shape index (κ3) is 6.12. The summed E-state index contributed by atoms with van der Waals surface area (Å²) in [6, 6.07) is 8.60. The SMILES string of the molecule is O=C(NCc1cccnc1)Nc1ccc(S(=O)(=O)NC2CCC(F)C(Cl)C2)cc1. The molecule has 10 heteroatoms. The third-order valence-corrected chi connectivity index (χ3v) is 6.60. The smallest absolute Gasteiger partial charge is 0.319 e. The van der Waals surface area contributed by atoms with Gasteiger partial charge >= 0.3 is 6.03 Å². The molecule has 1 fully saturated rings. The van der Waals surface area contributed by atoms with E-state index in [1.165, 1.54) is 24.3 Å². The number of amides is 2. The molecule has 2 aromatic rings. The normalized spacial score (nSPS) is 22.1. The topological polar surface area (TPSA) is 100 Å². The second kappa shape index (κ2) is 9.51. The van der Waals surface area contributed by atoms with Gasteiger partial charge in [-0.3, -0.25) is 4.98 Å². The number of urea groups is 1. The van der Waals surface area contributed by atoms with E-state index >= 15 is 0 Å².